The van der Waals surface area contributed by atoms with Gasteiger partial charge in [-0.05, 0) is 48.1 Å². The van der Waals surface area contributed by atoms with E-state index in [0.29, 0.717) is 18.0 Å². The van der Waals surface area contributed by atoms with Gasteiger partial charge in [0.15, 0.2) is 5.96 Å². The van der Waals surface area contributed by atoms with Crippen molar-refractivity contribution in [2.75, 3.05) is 14.1 Å². The average molecular weight is 381 g/mol. The molecule has 1 amide bonds. The molecule has 5 heteroatoms. The van der Waals surface area contributed by atoms with Gasteiger partial charge < -0.3 is 16.0 Å². The van der Waals surface area contributed by atoms with E-state index in [2.05, 4.69) is 66.0 Å². The molecule has 0 fully saturated rings. The first-order valence-corrected chi connectivity index (χ1v) is 9.80. The van der Waals surface area contributed by atoms with Gasteiger partial charge in [0.05, 0.1) is 6.04 Å². The summed E-state index contributed by atoms with van der Waals surface area (Å²) in [4.78, 5) is 16.1. The zero-order valence-corrected chi connectivity index (χ0v) is 17.5. The Balaban J connectivity index is 1.94. The molecule has 2 rings (SSSR count). The standard InChI is InChI=1S/C23H32N4O/c1-16(2)13-18-9-11-20(12-10-18)17(3)27-23(25-5)26-15-19-7-6-8-21(14-19)22(28)24-4/h6-12,14,16-17H,13,15H2,1-5H3,(H,24,28)(H2,25,26,27). The second-order valence-corrected chi connectivity index (χ2v) is 7.41. The van der Waals surface area contributed by atoms with Crippen molar-refractivity contribution < 1.29 is 4.79 Å². The van der Waals surface area contributed by atoms with Crippen LogP contribution in [-0.4, -0.2) is 26.0 Å². The number of aliphatic imine (C=N–C) groups is 1. The molecule has 1 atom stereocenters. The van der Waals surface area contributed by atoms with E-state index in [1.54, 1.807) is 20.2 Å². The van der Waals surface area contributed by atoms with Crippen LogP contribution >= 0.6 is 0 Å². The summed E-state index contributed by atoms with van der Waals surface area (Å²) < 4.78 is 0. The molecule has 28 heavy (non-hydrogen) atoms. The fourth-order valence-electron chi connectivity index (χ4n) is 3.05. The van der Waals surface area contributed by atoms with Crippen LogP contribution in [-0.2, 0) is 13.0 Å². The molecule has 0 radical (unpaired) electrons. The van der Waals surface area contributed by atoms with Crippen LogP contribution in [0, 0.1) is 5.92 Å². The number of nitrogens with one attached hydrogen (secondary N) is 3. The van der Waals surface area contributed by atoms with E-state index in [1.807, 2.05) is 18.2 Å². The number of benzene rings is 2. The normalized spacial score (nSPS) is 12.6. The summed E-state index contributed by atoms with van der Waals surface area (Å²) in [6.45, 7) is 7.18. The number of carbonyl (C=O) groups is 1. The Labute approximate surface area is 168 Å². The maximum atomic E-state index is 11.8. The third-order valence-electron chi connectivity index (χ3n) is 4.58. The van der Waals surface area contributed by atoms with Gasteiger partial charge in [0.25, 0.3) is 5.91 Å². The SMILES string of the molecule is CN=C(NCc1cccc(C(=O)NC)c1)NC(C)c1ccc(CC(C)C)cc1. The lowest BCUT2D eigenvalue weighted by Crippen LogP contribution is -2.38. The van der Waals surface area contributed by atoms with Gasteiger partial charge >= 0.3 is 0 Å². The van der Waals surface area contributed by atoms with E-state index >= 15 is 0 Å². The molecule has 150 valence electrons. The minimum Gasteiger partial charge on any atom is -0.355 e. The molecule has 0 aliphatic heterocycles. The van der Waals surface area contributed by atoms with Gasteiger partial charge in [-0.15, -0.1) is 0 Å². The van der Waals surface area contributed by atoms with Crippen LogP contribution in [0.4, 0.5) is 0 Å². The molecular weight excluding hydrogens is 348 g/mol. The van der Waals surface area contributed by atoms with Crippen molar-refractivity contribution in [1.82, 2.24) is 16.0 Å². The number of nitrogens with zero attached hydrogens (tertiary/aromatic N) is 1. The molecule has 0 spiro atoms. The van der Waals surface area contributed by atoms with Gasteiger partial charge in [-0.3, -0.25) is 9.79 Å². The van der Waals surface area contributed by atoms with Crippen molar-refractivity contribution in [3.8, 4) is 0 Å². The van der Waals surface area contributed by atoms with Gasteiger partial charge in [-0.25, -0.2) is 0 Å². The Morgan fingerprint density at radius 2 is 1.75 bits per heavy atom. The van der Waals surface area contributed by atoms with Gasteiger partial charge in [0.2, 0.25) is 0 Å². The van der Waals surface area contributed by atoms with E-state index in [-0.39, 0.29) is 11.9 Å². The second-order valence-electron chi connectivity index (χ2n) is 7.41. The third-order valence-corrected chi connectivity index (χ3v) is 4.58. The molecule has 3 N–H and O–H groups in total. The van der Waals surface area contributed by atoms with Gasteiger partial charge in [-0.1, -0.05) is 50.2 Å². The van der Waals surface area contributed by atoms with Crippen LogP contribution in [0.5, 0.6) is 0 Å². The van der Waals surface area contributed by atoms with Crippen LogP contribution in [0.2, 0.25) is 0 Å². The molecular formula is C23H32N4O. The van der Waals surface area contributed by atoms with Crippen molar-refractivity contribution in [3.63, 3.8) is 0 Å². The number of hydrogen-bond donors (Lipinski definition) is 3. The topological polar surface area (TPSA) is 65.5 Å². The zero-order valence-electron chi connectivity index (χ0n) is 17.5. The van der Waals surface area contributed by atoms with Crippen molar-refractivity contribution in [1.29, 1.82) is 0 Å². The lowest BCUT2D eigenvalue weighted by Gasteiger charge is -2.19. The van der Waals surface area contributed by atoms with Crippen LogP contribution in [0.3, 0.4) is 0 Å². The van der Waals surface area contributed by atoms with Crippen LogP contribution in [0.1, 0.15) is 53.9 Å². The van der Waals surface area contributed by atoms with Gasteiger partial charge in [-0.2, -0.15) is 0 Å². The number of rotatable bonds is 7. The van der Waals surface area contributed by atoms with Crippen molar-refractivity contribution in [2.45, 2.75) is 39.8 Å². The molecule has 2 aromatic rings. The Morgan fingerprint density at radius 1 is 1.04 bits per heavy atom. The predicted octanol–water partition coefficient (Wildman–Crippen LogP) is 3.67. The maximum Gasteiger partial charge on any atom is 0.251 e. The first-order chi connectivity index (χ1) is 13.4. The first-order valence-electron chi connectivity index (χ1n) is 9.80. The molecule has 1 unspecified atom stereocenters. The van der Waals surface area contributed by atoms with E-state index in [9.17, 15) is 4.79 Å². The van der Waals surface area contributed by atoms with E-state index < -0.39 is 0 Å². The highest BCUT2D eigenvalue weighted by Gasteiger charge is 2.09. The van der Waals surface area contributed by atoms with Crippen molar-refractivity contribution in [2.24, 2.45) is 10.9 Å². The van der Waals surface area contributed by atoms with Gasteiger partial charge in [0.1, 0.15) is 0 Å². The van der Waals surface area contributed by atoms with Crippen molar-refractivity contribution in [3.05, 3.63) is 70.8 Å². The van der Waals surface area contributed by atoms with Crippen LogP contribution < -0.4 is 16.0 Å². The minimum absolute atomic E-state index is 0.0844. The molecule has 2 aromatic carbocycles. The second kappa shape index (κ2) is 10.5. The highest BCUT2D eigenvalue weighted by atomic mass is 16.1. The van der Waals surface area contributed by atoms with Gasteiger partial charge in [0, 0.05) is 26.2 Å². The molecule has 0 aromatic heterocycles. The van der Waals surface area contributed by atoms with E-state index in [4.69, 9.17) is 0 Å². The maximum absolute atomic E-state index is 11.8. The Bertz CT molecular complexity index is 797. The Hall–Kier alpha value is -2.82. The number of hydrogen-bond acceptors (Lipinski definition) is 2. The summed E-state index contributed by atoms with van der Waals surface area (Å²) in [6.07, 6.45) is 1.10. The summed E-state index contributed by atoms with van der Waals surface area (Å²) in [6, 6.07) is 16.5. The van der Waals surface area contributed by atoms with Crippen LogP contribution in [0.15, 0.2) is 53.5 Å². The Morgan fingerprint density at radius 3 is 2.36 bits per heavy atom. The summed E-state index contributed by atoms with van der Waals surface area (Å²) in [5.74, 6) is 1.30. The summed E-state index contributed by atoms with van der Waals surface area (Å²) >= 11 is 0. The molecule has 5 nitrogen and oxygen atoms in total. The largest absolute Gasteiger partial charge is 0.355 e. The number of carbonyl (C=O) groups excluding carboxylic acids is 1. The first kappa shape index (κ1) is 21.5. The lowest BCUT2D eigenvalue weighted by atomic mass is 10.00. The zero-order chi connectivity index (χ0) is 20.5. The van der Waals surface area contributed by atoms with Crippen molar-refractivity contribution >= 4 is 11.9 Å². The predicted molar refractivity (Wildman–Crippen MR) is 117 cm³/mol. The smallest absolute Gasteiger partial charge is 0.251 e. The fourth-order valence-corrected chi connectivity index (χ4v) is 3.05. The molecule has 0 aliphatic rings. The molecule has 0 bridgehead atoms. The number of amides is 1. The average Bonchev–Trinajstić information content (AvgIpc) is 2.70. The van der Waals surface area contributed by atoms with Crippen LogP contribution in [0.25, 0.3) is 0 Å². The highest BCUT2D eigenvalue weighted by Crippen LogP contribution is 2.15. The molecule has 0 heterocycles. The van der Waals surface area contributed by atoms with E-state index in [0.717, 1.165) is 17.9 Å². The minimum atomic E-state index is -0.0844. The summed E-state index contributed by atoms with van der Waals surface area (Å²) in [7, 11) is 3.39. The third kappa shape index (κ3) is 6.41. The molecule has 0 aliphatic carbocycles. The quantitative estimate of drug-likeness (QED) is 0.507. The monoisotopic (exact) mass is 380 g/mol. The highest BCUT2D eigenvalue weighted by molar-refractivity contribution is 5.94. The molecule has 0 saturated carbocycles. The molecule has 0 saturated heterocycles. The summed E-state index contributed by atoms with van der Waals surface area (Å²) in [5.41, 5.74) is 4.26. The lowest BCUT2D eigenvalue weighted by molar-refractivity contribution is 0.0963. The van der Waals surface area contributed by atoms with E-state index in [1.165, 1.54) is 11.1 Å². The number of guanidine groups is 1. The fraction of sp³-hybridized carbons (Fsp3) is 0.391. The summed E-state index contributed by atoms with van der Waals surface area (Å²) in [5, 5.41) is 9.38. The Kier molecular flexibility index (Phi) is 8.05.